The normalized spacial score (nSPS) is 12.1. The van der Waals surface area contributed by atoms with Gasteiger partial charge in [0.15, 0.2) is 11.0 Å². The van der Waals surface area contributed by atoms with Gasteiger partial charge in [0, 0.05) is 29.6 Å². The fraction of sp³-hybridized carbons (Fsp3) is 0.133. The van der Waals surface area contributed by atoms with E-state index in [4.69, 9.17) is 11.6 Å². The van der Waals surface area contributed by atoms with E-state index in [-0.39, 0.29) is 27.9 Å². The first-order valence-electron chi connectivity index (χ1n) is 13.4. The predicted octanol–water partition coefficient (Wildman–Crippen LogP) is 6.60. The maximum atomic E-state index is 13.7. The summed E-state index contributed by atoms with van der Waals surface area (Å²) in [6.45, 7) is 1.99. The van der Waals surface area contributed by atoms with Crippen molar-refractivity contribution in [2.24, 2.45) is 0 Å². The predicted molar refractivity (Wildman–Crippen MR) is 170 cm³/mol. The largest absolute Gasteiger partial charge is 0.289 e. The molecule has 0 spiro atoms. The van der Waals surface area contributed by atoms with Crippen molar-refractivity contribution in [1.82, 2.24) is 19.5 Å². The second kappa shape index (κ2) is 13.6. The van der Waals surface area contributed by atoms with Crippen molar-refractivity contribution >= 4 is 44.8 Å². The van der Waals surface area contributed by atoms with Gasteiger partial charge in [-0.1, -0.05) is 83.5 Å². The highest BCUT2D eigenvalue weighted by atomic mass is 35.5. The molecule has 0 amide bonds. The number of benzene rings is 4. The van der Waals surface area contributed by atoms with Crippen LogP contribution in [0.25, 0.3) is 5.69 Å². The van der Waals surface area contributed by atoms with E-state index < -0.39 is 31.6 Å². The van der Waals surface area contributed by atoms with Crippen molar-refractivity contribution in [3.8, 4) is 5.69 Å². The number of aryl methyl sites for hydroxylation is 1. The number of non-ortho nitro benzene ring substituents is 1. The van der Waals surface area contributed by atoms with Gasteiger partial charge in [-0.15, -0.1) is 10.2 Å². The summed E-state index contributed by atoms with van der Waals surface area (Å²) in [5.74, 6) is 0.738. The van der Waals surface area contributed by atoms with Crippen LogP contribution in [-0.2, 0) is 22.2 Å². The van der Waals surface area contributed by atoms with Crippen LogP contribution in [0.5, 0.6) is 0 Å². The topological polar surface area (TPSA) is 163 Å². The highest BCUT2D eigenvalue weighted by Gasteiger charge is 2.30. The zero-order valence-electron chi connectivity index (χ0n) is 23.6. The van der Waals surface area contributed by atoms with Crippen molar-refractivity contribution in [3.63, 3.8) is 0 Å². The zero-order valence-corrected chi connectivity index (χ0v) is 26.0. The van der Waals surface area contributed by atoms with Crippen molar-refractivity contribution in [1.29, 1.82) is 0 Å². The Balaban J connectivity index is 1.60. The van der Waals surface area contributed by atoms with Gasteiger partial charge in [0.1, 0.15) is 5.02 Å². The first kappa shape index (κ1) is 31.8. The van der Waals surface area contributed by atoms with Gasteiger partial charge in [-0.05, 0) is 48.7 Å². The number of nitrogens with zero attached hydrogens (tertiary/aromatic N) is 5. The van der Waals surface area contributed by atoms with E-state index in [1.165, 1.54) is 30.0 Å². The van der Waals surface area contributed by atoms with Gasteiger partial charge >= 0.3 is 0 Å². The molecule has 1 heterocycles. The average molecular weight is 665 g/mol. The van der Waals surface area contributed by atoms with E-state index in [2.05, 4.69) is 14.9 Å². The van der Waals surface area contributed by atoms with Crippen LogP contribution in [0.4, 0.5) is 11.4 Å². The minimum absolute atomic E-state index is 0.117. The maximum Gasteiger partial charge on any atom is 0.289 e. The molecule has 5 aromatic rings. The number of halogens is 1. The fourth-order valence-corrected chi connectivity index (χ4v) is 6.91. The number of rotatable bonds is 12. The molecule has 15 heteroatoms. The lowest BCUT2D eigenvalue weighted by molar-refractivity contribution is -0.385. The van der Waals surface area contributed by atoms with Crippen molar-refractivity contribution in [2.75, 3.05) is 0 Å². The van der Waals surface area contributed by atoms with Gasteiger partial charge in [0.05, 0.1) is 20.8 Å². The van der Waals surface area contributed by atoms with E-state index in [1.807, 2.05) is 61.5 Å². The number of hydrogen-bond acceptors (Lipinski definition) is 9. The minimum Gasteiger partial charge on any atom is -0.273 e. The van der Waals surface area contributed by atoms with Crippen LogP contribution < -0.4 is 4.72 Å². The summed E-state index contributed by atoms with van der Waals surface area (Å²) in [4.78, 5) is 21.2. The molecule has 0 aliphatic rings. The van der Waals surface area contributed by atoms with Gasteiger partial charge < -0.3 is 0 Å². The lowest BCUT2D eigenvalue weighted by atomic mass is 10.1. The second-order valence-electron chi connectivity index (χ2n) is 9.96. The van der Waals surface area contributed by atoms with E-state index >= 15 is 0 Å². The molecule has 0 fully saturated rings. The van der Waals surface area contributed by atoms with E-state index in [0.29, 0.717) is 16.6 Å². The Morgan fingerprint density at radius 2 is 1.60 bits per heavy atom. The number of nitro groups is 2. The quantitative estimate of drug-likeness (QED) is 0.0879. The van der Waals surface area contributed by atoms with Gasteiger partial charge in [-0.2, -0.15) is 0 Å². The Hall–Kier alpha value is -4.63. The number of aromatic nitrogens is 3. The smallest absolute Gasteiger partial charge is 0.273 e. The Labute approximate surface area is 267 Å². The number of nitro benzene ring substituents is 2. The summed E-state index contributed by atoms with van der Waals surface area (Å²) in [5, 5.41) is 31.9. The van der Waals surface area contributed by atoms with E-state index in [0.717, 1.165) is 28.8 Å². The number of thioether (sulfide) groups is 1. The zero-order chi connectivity index (χ0) is 32.1. The third-order valence-corrected chi connectivity index (χ3v) is 9.53. The Bertz CT molecular complexity index is 1970. The maximum absolute atomic E-state index is 13.7. The molecule has 1 N–H and O–H groups in total. The first-order chi connectivity index (χ1) is 21.5. The van der Waals surface area contributed by atoms with Crippen molar-refractivity contribution in [3.05, 3.63) is 145 Å². The number of hydrogen-bond donors (Lipinski definition) is 1. The van der Waals surface area contributed by atoms with Crippen LogP contribution in [0.2, 0.25) is 5.02 Å². The van der Waals surface area contributed by atoms with E-state index in [1.54, 1.807) is 16.7 Å². The summed E-state index contributed by atoms with van der Waals surface area (Å²) < 4.78 is 31.7. The molecule has 0 aliphatic carbocycles. The lowest BCUT2D eigenvalue weighted by Gasteiger charge is -2.20. The van der Waals surface area contributed by atoms with Crippen LogP contribution in [0.15, 0.2) is 107 Å². The molecule has 0 saturated heterocycles. The van der Waals surface area contributed by atoms with Gasteiger partial charge in [0.2, 0.25) is 10.0 Å². The molecular formula is C30H25ClN6O6S2. The van der Waals surface area contributed by atoms with E-state index in [9.17, 15) is 28.6 Å². The number of nitrogens with one attached hydrogen (secondary N) is 1. The Morgan fingerprint density at radius 3 is 2.27 bits per heavy atom. The summed E-state index contributed by atoms with van der Waals surface area (Å²) in [7, 11) is -4.36. The highest BCUT2D eigenvalue weighted by molar-refractivity contribution is 7.98. The molecule has 0 bridgehead atoms. The minimum atomic E-state index is -4.36. The third-order valence-electron chi connectivity index (χ3n) is 6.74. The molecule has 45 heavy (non-hydrogen) atoms. The molecule has 1 atom stereocenters. The molecule has 0 aliphatic heterocycles. The van der Waals surface area contributed by atoms with Gasteiger partial charge in [-0.25, -0.2) is 13.1 Å². The number of sulfonamides is 1. The third kappa shape index (κ3) is 7.54. The highest BCUT2D eigenvalue weighted by Crippen LogP contribution is 2.32. The molecule has 4 aromatic carbocycles. The summed E-state index contributed by atoms with van der Waals surface area (Å²) in [6.07, 6.45) is 0.142. The van der Waals surface area contributed by atoms with Crippen LogP contribution >= 0.6 is 23.4 Å². The summed E-state index contributed by atoms with van der Waals surface area (Å²) in [5.41, 5.74) is 2.71. The van der Waals surface area contributed by atoms with Crippen LogP contribution in [0.1, 0.15) is 28.6 Å². The SMILES string of the molecule is Cc1cccc(CSc2nnc(C(Cc3ccccc3)NS(=O)(=O)c3ccc(Cl)c([N+](=O)[O-])c3)n2-c2ccc([N+](=O)[O-])cc2)c1. The second-order valence-corrected chi connectivity index (χ2v) is 13.0. The Kier molecular flexibility index (Phi) is 9.58. The fourth-order valence-electron chi connectivity index (χ4n) is 4.61. The summed E-state index contributed by atoms with van der Waals surface area (Å²) in [6, 6.07) is 25.1. The molecule has 0 saturated carbocycles. The molecular weight excluding hydrogens is 640 g/mol. The first-order valence-corrected chi connectivity index (χ1v) is 16.2. The standard InChI is InChI=1S/C30H25ClN6O6S2/c1-20-6-5-9-22(16-20)19-44-30-33-32-29(35(30)23-10-12-24(13-11-23)36(38)39)27(17-21-7-3-2-4-8-21)34-45(42,43)25-14-15-26(31)28(18-25)37(40)41/h2-16,18,27,34H,17,19H2,1H3. The van der Waals surface area contributed by atoms with Gasteiger partial charge in [-0.3, -0.25) is 24.8 Å². The molecule has 5 rings (SSSR count). The molecule has 230 valence electrons. The molecule has 1 aromatic heterocycles. The molecule has 1 unspecified atom stereocenters. The van der Waals surface area contributed by atoms with Crippen molar-refractivity contribution in [2.45, 2.75) is 35.2 Å². The molecule has 0 radical (unpaired) electrons. The van der Waals surface area contributed by atoms with Crippen LogP contribution in [0, 0.1) is 27.2 Å². The van der Waals surface area contributed by atoms with Crippen LogP contribution in [-0.4, -0.2) is 33.0 Å². The Morgan fingerprint density at radius 1 is 0.889 bits per heavy atom. The molecule has 12 nitrogen and oxygen atoms in total. The van der Waals surface area contributed by atoms with Crippen LogP contribution in [0.3, 0.4) is 0 Å². The van der Waals surface area contributed by atoms with Crippen molar-refractivity contribution < 1.29 is 18.3 Å². The van der Waals surface area contributed by atoms with Gasteiger partial charge in [0.25, 0.3) is 11.4 Å². The average Bonchev–Trinajstić information content (AvgIpc) is 3.44. The lowest BCUT2D eigenvalue weighted by Crippen LogP contribution is -2.32. The monoisotopic (exact) mass is 664 g/mol. The summed E-state index contributed by atoms with van der Waals surface area (Å²) >= 11 is 7.30.